The van der Waals surface area contributed by atoms with E-state index in [1.165, 1.54) is 41.3 Å². The number of ether oxygens (including phenoxy) is 1. The first kappa shape index (κ1) is 19.9. The van der Waals surface area contributed by atoms with Crippen LogP contribution in [0.3, 0.4) is 0 Å². The molecule has 1 unspecified atom stereocenters. The minimum Gasteiger partial charge on any atom is -0.497 e. The van der Waals surface area contributed by atoms with Gasteiger partial charge in [0.2, 0.25) is 0 Å². The molecule has 0 saturated heterocycles. The van der Waals surface area contributed by atoms with Gasteiger partial charge in [-0.1, -0.05) is 18.2 Å². The van der Waals surface area contributed by atoms with Gasteiger partial charge in [-0.2, -0.15) is 8.42 Å². The molecular weight excluding hydrogens is 388 g/mol. The predicted octanol–water partition coefficient (Wildman–Crippen LogP) is 3.80. The fourth-order valence-corrected chi connectivity index (χ4v) is 4.48. The lowest BCUT2D eigenvalue weighted by atomic mass is 9.90. The predicted molar refractivity (Wildman–Crippen MR) is 115 cm³/mol. The largest absolute Gasteiger partial charge is 0.497 e. The molecule has 7 heteroatoms. The molecule has 5 rings (SSSR count). The molecule has 1 aliphatic heterocycles. The van der Waals surface area contributed by atoms with Crippen LogP contribution in [0.4, 0.5) is 0 Å². The Morgan fingerprint density at radius 2 is 1.83 bits per heavy atom. The molecule has 2 aromatic carbocycles. The molecule has 0 spiro atoms. The normalized spacial score (nSPS) is 18.0. The number of nitrogens with zero attached hydrogens (tertiary/aromatic N) is 1. The lowest BCUT2D eigenvalue weighted by Gasteiger charge is -2.31. The summed E-state index contributed by atoms with van der Waals surface area (Å²) in [5, 5.41) is 5.15. The zero-order chi connectivity index (χ0) is 20.6. The second-order valence-electron chi connectivity index (χ2n) is 7.61. The van der Waals surface area contributed by atoms with Crippen LogP contribution in [0.1, 0.15) is 30.1 Å². The number of rotatable bonds is 2. The third-order valence-electron chi connectivity index (χ3n) is 5.61. The topological polar surface area (TPSA) is 80.6 Å². The molecule has 2 aliphatic rings. The smallest absolute Gasteiger partial charge is 0.261 e. The summed E-state index contributed by atoms with van der Waals surface area (Å²) in [4.78, 5) is 0. The van der Waals surface area contributed by atoms with Crippen LogP contribution in [0, 0.1) is 0 Å². The van der Waals surface area contributed by atoms with Gasteiger partial charge in [0.25, 0.3) is 10.1 Å². The van der Waals surface area contributed by atoms with Crippen molar-refractivity contribution in [3.63, 3.8) is 0 Å². The first-order valence-corrected chi connectivity index (χ1v) is 11.7. The zero-order valence-electron chi connectivity index (χ0n) is 16.7. The van der Waals surface area contributed by atoms with E-state index < -0.39 is 10.1 Å². The Morgan fingerprint density at radius 3 is 2.52 bits per heavy atom. The highest BCUT2D eigenvalue weighted by atomic mass is 32.2. The number of methoxy groups -OCH3 is 1. The van der Waals surface area contributed by atoms with E-state index in [0.717, 1.165) is 18.8 Å². The molecule has 0 amide bonds. The SMILES string of the molecule is COc1ccc(-c2ccc3c(c2)c2c4n3CCNC4CCC2)cc1.CS(=O)(=O)O. The highest BCUT2D eigenvalue weighted by molar-refractivity contribution is 7.85. The summed E-state index contributed by atoms with van der Waals surface area (Å²) in [6, 6.07) is 15.9. The van der Waals surface area contributed by atoms with Crippen LogP contribution >= 0.6 is 0 Å². The maximum absolute atomic E-state index is 9.19. The highest BCUT2D eigenvalue weighted by Gasteiger charge is 2.29. The van der Waals surface area contributed by atoms with E-state index in [4.69, 9.17) is 9.29 Å². The van der Waals surface area contributed by atoms with Gasteiger partial charge < -0.3 is 14.6 Å². The van der Waals surface area contributed by atoms with Gasteiger partial charge in [0, 0.05) is 35.7 Å². The van der Waals surface area contributed by atoms with Crippen molar-refractivity contribution in [2.75, 3.05) is 19.9 Å². The Bertz CT molecular complexity index is 1120. The second kappa shape index (κ2) is 7.82. The van der Waals surface area contributed by atoms with Crippen molar-refractivity contribution in [3.05, 3.63) is 53.7 Å². The maximum Gasteiger partial charge on any atom is 0.261 e. The van der Waals surface area contributed by atoms with Gasteiger partial charge in [-0.05, 0) is 60.2 Å². The standard InChI is InChI=1S/C21H22N2O.CH4O3S/c1-24-16-8-5-14(6-9-16)15-7-10-20-18(13-15)17-3-2-4-19-21(17)23(20)12-11-22-19;1-5(2,3)4/h5-10,13,19,22H,2-4,11-12H2,1H3;1H3,(H,2,3,4). The Morgan fingerprint density at radius 1 is 1.14 bits per heavy atom. The number of aryl methyl sites for hydroxylation is 1. The molecule has 0 bridgehead atoms. The molecule has 0 fully saturated rings. The fraction of sp³-hybridized carbons (Fsp3) is 0.364. The number of aromatic nitrogens is 1. The molecule has 1 aromatic heterocycles. The van der Waals surface area contributed by atoms with E-state index >= 15 is 0 Å². The summed E-state index contributed by atoms with van der Waals surface area (Å²) >= 11 is 0. The molecule has 2 N–H and O–H groups in total. The van der Waals surface area contributed by atoms with Crippen LogP contribution in [0.15, 0.2) is 42.5 Å². The molecule has 1 aliphatic carbocycles. The third kappa shape index (κ3) is 4.17. The van der Waals surface area contributed by atoms with Crippen molar-refractivity contribution >= 4 is 21.0 Å². The average molecular weight is 415 g/mol. The van der Waals surface area contributed by atoms with Gasteiger partial charge in [0.15, 0.2) is 0 Å². The van der Waals surface area contributed by atoms with Crippen molar-refractivity contribution in [3.8, 4) is 16.9 Å². The van der Waals surface area contributed by atoms with Gasteiger partial charge in [0.1, 0.15) is 5.75 Å². The van der Waals surface area contributed by atoms with E-state index in [0.29, 0.717) is 12.3 Å². The van der Waals surface area contributed by atoms with Gasteiger partial charge in [-0.3, -0.25) is 4.55 Å². The van der Waals surface area contributed by atoms with E-state index in [-0.39, 0.29) is 0 Å². The van der Waals surface area contributed by atoms with E-state index in [9.17, 15) is 8.42 Å². The Hall–Kier alpha value is -2.35. The monoisotopic (exact) mass is 414 g/mol. The first-order chi connectivity index (χ1) is 13.8. The first-order valence-electron chi connectivity index (χ1n) is 9.80. The molecule has 29 heavy (non-hydrogen) atoms. The van der Waals surface area contributed by atoms with Crippen molar-refractivity contribution in [2.24, 2.45) is 0 Å². The quantitative estimate of drug-likeness (QED) is 0.624. The summed E-state index contributed by atoms with van der Waals surface area (Å²) in [5.74, 6) is 0.906. The summed E-state index contributed by atoms with van der Waals surface area (Å²) in [6.07, 6.45) is 4.49. The van der Waals surface area contributed by atoms with E-state index in [2.05, 4.69) is 40.2 Å². The molecule has 0 saturated carbocycles. The zero-order valence-corrected chi connectivity index (χ0v) is 17.5. The summed E-state index contributed by atoms with van der Waals surface area (Å²) in [5.41, 5.74) is 7.07. The molecule has 6 nitrogen and oxygen atoms in total. The number of nitrogens with one attached hydrogen (secondary N) is 1. The lowest BCUT2D eigenvalue weighted by molar-refractivity contribution is 0.384. The van der Waals surface area contributed by atoms with Crippen molar-refractivity contribution in [2.45, 2.75) is 31.8 Å². The summed E-state index contributed by atoms with van der Waals surface area (Å²) < 4.78 is 33.7. The van der Waals surface area contributed by atoms with Crippen molar-refractivity contribution in [1.82, 2.24) is 9.88 Å². The molecule has 3 aromatic rings. The third-order valence-corrected chi connectivity index (χ3v) is 5.61. The minimum absolute atomic E-state index is 0.555. The number of hydrogen-bond acceptors (Lipinski definition) is 4. The van der Waals surface area contributed by atoms with Gasteiger partial charge in [-0.25, -0.2) is 0 Å². The van der Waals surface area contributed by atoms with E-state index in [1.54, 1.807) is 18.4 Å². The lowest BCUT2D eigenvalue weighted by Crippen LogP contribution is -2.35. The molecule has 1 atom stereocenters. The number of fused-ring (bicyclic) bond motifs is 3. The fourth-order valence-electron chi connectivity index (χ4n) is 4.48. The van der Waals surface area contributed by atoms with Crippen molar-refractivity contribution in [1.29, 1.82) is 0 Å². The molecular formula is C22H26N2O4S. The number of benzene rings is 2. The van der Waals surface area contributed by atoms with Crippen LogP contribution in [-0.2, 0) is 23.1 Å². The molecule has 154 valence electrons. The van der Waals surface area contributed by atoms with Crippen LogP contribution in [0.25, 0.3) is 22.0 Å². The highest BCUT2D eigenvalue weighted by Crippen LogP contribution is 2.40. The molecule has 0 radical (unpaired) electrons. The Kier molecular flexibility index (Phi) is 5.38. The average Bonchev–Trinajstić information content (AvgIpc) is 3.03. The van der Waals surface area contributed by atoms with Crippen LogP contribution < -0.4 is 10.1 Å². The van der Waals surface area contributed by atoms with Crippen molar-refractivity contribution < 1.29 is 17.7 Å². The van der Waals surface area contributed by atoms with E-state index in [1.807, 2.05) is 12.1 Å². The second-order valence-corrected chi connectivity index (χ2v) is 9.07. The van der Waals surface area contributed by atoms with Gasteiger partial charge >= 0.3 is 0 Å². The summed E-state index contributed by atoms with van der Waals surface area (Å²) in [7, 11) is -1.96. The Labute approximate surface area is 171 Å². The van der Waals surface area contributed by atoms with Gasteiger partial charge in [-0.15, -0.1) is 0 Å². The van der Waals surface area contributed by atoms with Crippen LogP contribution in [0.2, 0.25) is 0 Å². The van der Waals surface area contributed by atoms with Crippen LogP contribution in [0.5, 0.6) is 5.75 Å². The van der Waals surface area contributed by atoms with Crippen LogP contribution in [-0.4, -0.2) is 37.4 Å². The summed E-state index contributed by atoms with van der Waals surface area (Å²) in [6.45, 7) is 2.17. The van der Waals surface area contributed by atoms with Gasteiger partial charge in [0.05, 0.1) is 13.4 Å². The number of hydrogen-bond donors (Lipinski definition) is 2. The maximum atomic E-state index is 9.19. The Balaban J connectivity index is 0.000000369. The molecule has 2 heterocycles. The minimum atomic E-state index is -3.67.